The van der Waals surface area contributed by atoms with E-state index in [0.717, 1.165) is 56.0 Å². The molecule has 10 aromatic rings. The van der Waals surface area contributed by atoms with Crippen molar-refractivity contribution in [1.82, 2.24) is 9.97 Å². The van der Waals surface area contributed by atoms with Crippen LogP contribution >= 0.6 is 0 Å². The van der Waals surface area contributed by atoms with Crippen LogP contribution in [0.1, 0.15) is 25.0 Å². The number of anilines is 6. The van der Waals surface area contributed by atoms with Gasteiger partial charge in [-0.1, -0.05) is 159 Å². The van der Waals surface area contributed by atoms with Crippen LogP contribution in [0.25, 0.3) is 60.4 Å². The van der Waals surface area contributed by atoms with Crippen molar-refractivity contribution < 1.29 is 4.39 Å². The molecule has 66 heavy (non-hydrogen) atoms. The molecule has 0 amide bonds. The maximum atomic E-state index is 17.0. The van der Waals surface area contributed by atoms with Gasteiger partial charge in [0.15, 0.2) is 11.5 Å². The molecule has 5 nitrogen and oxygen atoms in total. The first kappa shape index (κ1) is 40.1. The van der Waals surface area contributed by atoms with Crippen LogP contribution in [0.4, 0.5) is 44.2 Å². The van der Waals surface area contributed by atoms with E-state index in [1.165, 1.54) is 27.6 Å². The van der Waals surface area contributed by atoms with Gasteiger partial charge < -0.3 is 9.80 Å². The molecule has 0 radical (unpaired) electrons. The van der Waals surface area contributed by atoms with Crippen LogP contribution in [0, 0.1) is 12.4 Å². The molecule has 1 aliphatic carbocycles. The van der Waals surface area contributed by atoms with Crippen molar-refractivity contribution >= 4 is 50.6 Å². The highest BCUT2D eigenvalue weighted by Crippen LogP contribution is 2.55. The summed E-state index contributed by atoms with van der Waals surface area (Å²) in [4.78, 5) is 17.9. The summed E-state index contributed by atoms with van der Waals surface area (Å²) in [6.07, 6.45) is 3.59. The molecule has 0 N–H and O–H groups in total. The Kier molecular flexibility index (Phi) is 10.0. The summed E-state index contributed by atoms with van der Waals surface area (Å²) in [6.45, 7) is 12.2. The van der Waals surface area contributed by atoms with E-state index in [0.29, 0.717) is 22.9 Å². The summed E-state index contributed by atoms with van der Waals surface area (Å²) in [7, 11) is 0. The average molecular weight is 852 g/mol. The quantitative estimate of drug-likeness (QED) is 0.136. The Morgan fingerprint density at radius 3 is 1.67 bits per heavy atom. The molecule has 0 unspecified atom stereocenters. The fourth-order valence-corrected chi connectivity index (χ4v) is 9.60. The standard InChI is InChI=1S/C60H42FN5/c1-60(2)53-35-42(28-33-51(53)57-50-27-17-16-26-49(50)56(37-54(57)60)65(45-22-12-6-13-23-45)47-31-29-44(62-3)30-32-47)59-63-38-48(39-64-59)66(46-24-14-7-15-25-46)58-52(41-20-10-5-11-21-41)34-43(36-55(58)61)40-18-8-4-9-19-40/h4-39H,1-2H3. The third kappa shape index (κ3) is 6.95. The number of hydrogen-bond acceptors (Lipinski definition) is 4. The molecule has 6 heteroatoms. The molecule has 0 saturated heterocycles. The lowest BCUT2D eigenvalue weighted by Crippen LogP contribution is -2.17. The second-order valence-corrected chi connectivity index (χ2v) is 17.1. The normalized spacial score (nSPS) is 12.3. The molecule has 0 bridgehead atoms. The molecular weight excluding hydrogens is 810 g/mol. The molecule has 0 aliphatic heterocycles. The summed E-state index contributed by atoms with van der Waals surface area (Å²) < 4.78 is 17.0. The van der Waals surface area contributed by atoms with Crippen molar-refractivity contribution in [3.05, 3.63) is 247 Å². The minimum Gasteiger partial charge on any atom is -0.310 e. The number of fused-ring (bicyclic) bond motifs is 5. The topological polar surface area (TPSA) is 36.6 Å². The molecular formula is C60H42FN5. The molecule has 1 heterocycles. The number of benzene rings is 9. The molecule has 0 saturated carbocycles. The molecule has 11 rings (SSSR count). The Morgan fingerprint density at radius 1 is 0.470 bits per heavy atom. The van der Waals surface area contributed by atoms with Gasteiger partial charge in [-0.15, -0.1) is 0 Å². The number of nitrogens with zero attached hydrogens (tertiary/aromatic N) is 5. The monoisotopic (exact) mass is 851 g/mol. The molecule has 0 atom stereocenters. The summed E-state index contributed by atoms with van der Waals surface area (Å²) >= 11 is 0. The third-order valence-corrected chi connectivity index (χ3v) is 12.8. The summed E-state index contributed by atoms with van der Waals surface area (Å²) in [6, 6.07) is 69.2. The van der Waals surface area contributed by atoms with E-state index in [9.17, 15) is 0 Å². The van der Waals surface area contributed by atoms with E-state index in [1.807, 2.05) is 126 Å². The lowest BCUT2D eigenvalue weighted by atomic mass is 9.81. The minimum absolute atomic E-state index is 0.357. The van der Waals surface area contributed by atoms with Crippen molar-refractivity contribution in [3.63, 3.8) is 0 Å². The van der Waals surface area contributed by atoms with Gasteiger partial charge in [-0.25, -0.2) is 19.2 Å². The van der Waals surface area contributed by atoms with E-state index in [-0.39, 0.29) is 11.2 Å². The zero-order valence-electron chi connectivity index (χ0n) is 36.4. The van der Waals surface area contributed by atoms with Gasteiger partial charge in [0.2, 0.25) is 0 Å². The largest absolute Gasteiger partial charge is 0.310 e. The summed E-state index contributed by atoms with van der Waals surface area (Å²) in [5.41, 5.74) is 14.2. The van der Waals surface area contributed by atoms with Gasteiger partial charge in [-0.3, -0.25) is 0 Å². The zero-order valence-corrected chi connectivity index (χ0v) is 36.4. The van der Waals surface area contributed by atoms with Gasteiger partial charge in [-0.05, 0) is 105 Å². The van der Waals surface area contributed by atoms with Crippen LogP contribution in [0.3, 0.4) is 0 Å². The van der Waals surface area contributed by atoms with Gasteiger partial charge in [0.05, 0.1) is 36.0 Å². The first-order chi connectivity index (χ1) is 32.4. The van der Waals surface area contributed by atoms with Crippen molar-refractivity contribution in [2.75, 3.05) is 9.80 Å². The number of halogens is 1. The fraction of sp³-hybridized carbons (Fsp3) is 0.0500. The highest BCUT2D eigenvalue weighted by atomic mass is 19.1. The predicted octanol–water partition coefficient (Wildman–Crippen LogP) is 16.6. The lowest BCUT2D eigenvalue weighted by molar-refractivity contribution is 0.629. The van der Waals surface area contributed by atoms with E-state index in [4.69, 9.17) is 16.5 Å². The van der Waals surface area contributed by atoms with E-state index >= 15 is 4.39 Å². The zero-order chi connectivity index (χ0) is 44.8. The van der Waals surface area contributed by atoms with Crippen LogP contribution in [-0.4, -0.2) is 9.97 Å². The van der Waals surface area contributed by atoms with Crippen molar-refractivity contribution in [2.24, 2.45) is 0 Å². The molecule has 1 aromatic heterocycles. The molecule has 314 valence electrons. The second-order valence-electron chi connectivity index (χ2n) is 17.1. The van der Waals surface area contributed by atoms with Crippen LogP contribution in [0.15, 0.2) is 219 Å². The Labute approximate surface area is 384 Å². The Hall–Kier alpha value is -8.66. The van der Waals surface area contributed by atoms with Crippen LogP contribution in [-0.2, 0) is 5.41 Å². The molecule has 1 aliphatic rings. The Bertz CT molecular complexity index is 3440. The van der Waals surface area contributed by atoms with Crippen molar-refractivity contribution in [3.8, 4) is 44.8 Å². The maximum absolute atomic E-state index is 17.0. The second kappa shape index (κ2) is 16.5. The van der Waals surface area contributed by atoms with Gasteiger partial charge in [0.25, 0.3) is 0 Å². The van der Waals surface area contributed by atoms with Crippen molar-refractivity contribution in [1.29, 1.82) is 0 Å². The summed E-state index contributed by atoms with van der Waals surface area (Å²) in [5.74, 6) is 0.220. The highest BCUT2D eigenvalue weighted by Gasteiger charge is 2.38. The first-order valence-electron chi connectivity index (χ1n) is 22.0. The number of rotatable bonds is 9. The number of para-hydroxylation sites is 2. The van der Waals surface area contributed by atoms with Crippen molar-refractivity contribution in [2.45, 2.75) is 19.3 Å². The number of aromatic nitrogens is 2. The predicted molar refractivity (Wildman–Crippen MR) is 269 cm³/mol. The van der Waals surface area contributed by atoms with Gasteiger partial charge in [-0.2, -0.15) is 0 Å². The lowest BCUT2D eigenvalue weighted by Gasteiger charge is -2.30. The smallest absolute Gasteiger partial charge is 0.187 e. The van der Waals surface area contributed by atoms with Gasteiger partial charge >= 0.3 is 0 Å². The van der Waals surface area contributed by atoms with Gasteiger partial charge in [0.1, 0.15) is 5.82 Å². The third-order valence-electron chi connectivity index (χ3n) is 12.8. The van der Waals surface area contributed by atoms with E-state index in [2.05, 4.69) is 102 Å². The Morgan fingerprint density at radius 2 is 1.03 bits per heavy atom. The Balaban J connectivity index is 1.01. The fourth-order valence-electron chi connectivity index (χ4n) is 9.60. The van der Waals surface area contributed by atoms with Crippen LogP contribution in [0.2, 0.25) is 0 Å². The average Bonchev–Trinajstić information content (AvgIpc) is 3.61. The van der Waals surface area contributed by atoms with E-state index in [1.54, 1.807) is 18.5 Å². The van der Waals surface area contributed by atoms with Gasteiger partial charge in [0, 0.05) is 39.0 Å². The van der Waals surface area contributed by atoms with E-state index < -0.39 is 0 Å². The van der Waals surface area contributed by atoms with Crippen LogP contribution < -0.4 is 9.80 Å². The highest BCUT2D eigenvalue weighted by molar-refractivity contribution is 6.10. The molecule has 0 spiro atoms. The first-order valence-corrected chi connectivity index (χ1v) is 22.0. The molecule has 0 fully saturated rings. The summed E-state index contributed by atoms with van der Waals surface area (Å²) in [5, 5.41) is 2.30. The number of hydrogen-bond donors (Lipinski definition) is 0. The minimum atomic E-state index is -0.378. The maximum Gasteiger partial charge on any atom is 0.187 e. The van der Waals surface area contributed by atoms with Crippen LogP contribution in [0.5, 0.6) is 0 Å². The molecule has 9 aromatic carbocycles. The SMILES string of the molecule is [C-]#[N+]c1ccc(N(c2ccccc2)c2cc3c(c4ccccc24)-c2ccc(-c4ncc(N(c5ccccc5)c5c(F)cc(-c6ccccc6)cc5-c5ccccc5)cn4)cc2C3(C)C)cc1.